The van der Waals surface area contributed by atoms with E-state index in [4.69, 9.17) is 15.2 Å². The Morgan fingerprint density at radius 2 is 1.52 bits per heavy atom. The number of nitrogens with two attached hydrogens (primary N) is 1. The molecule has 1 fully saturated rings. The molecule has 0 saturated heterocycles. The van der Waals surface area contributed by atoms with E-state index in [1.807, 2.05) is 24.3 Å². The fraction of sp³-hybridized carbons (Fsp3) is 0.677. The molecule has 42 heavy (non-hydrogen) atoms. The SMILES string of the molecule is CCCCCCCCNc1nc(Nc2ccc(CC(=O)NCCOCCOCCN)cc2)nc(NC2CCCCC2)n1. The smallest absolute Gasteiger partial charge is 0.233 e. The number of carbonyl (C=O) groups is 1. The highest BCUT2D eigenvalue weighted by atomic mass is 16.5. The van der Waals surface area contributed by atoms with Crippen LogP contribution in [0.1, 0.15) is 83.1 Å². The van der Waals surface area contributed by atoms with Gasteiger partial charge in [0, 0.05) is 31.4 Å². The van der Waals surface area contributed by atoms with Crippen molar-refractivity contribution in [3.05, 3.63) is 29.8 Å². The zero-order valence-electron chi connectivity index (χ0n) is 25.5. The van der Waals surface area contributed by atoms with Gasteiger partial charge in [0.2, 0.25) is 23.8 Å². The molecule has 1 aliphatic carbocycles. The van der Waals surface area contributed by atoms with Gasteiger partial charge in [-0.05, 0) is 37.0 Å². The Morgan fingerprint density at radius 1 is 0.833 bits per heavy atom. The van der Waals surface area contributed by atoms with E-state index in [0.717, 1.165) is 37.1 Å². The third kappa shape index (κ3) is 14.2. The largest absolute Gasteiger partial charge is 0.378 e. The number of ether oxygens (including phenoxy) is 2. The van der Waals surface area contributed by atoms with Crippen LogP contribution in [0, 0.1) is 0 Å². The Bertz CT molecular complexity index is 1000. The van der Waals surface area contributed by atoms with Gasteiger partial charge in [0.15, 0.2) is 0 Å². The van der Waals surface area contributed by atoms with Crippen LogP contribution in [0.15, 0.2) is 24.3 Å². The summed E-state index contributed by atoms with van der Waals surface area (Å²) in [5.74, 6) is 1.63. The monoisotopic (exact) mass is 584 g/mol. The number of hydrogen-bond donors (Lipinski definition) is 5. The number of aromatic nitrogens is 3. The molecular weight excluding hydrogens is 532 g/mol. The minimum absolute atomic E-state index is 0.0457. The topological polar surface area (TPSA) is 148 Å². The van der Waals surface area contributed by atoms with Gasteiger partial charge in [-0.25, -0.2) is 0 Å². The van der Waals surface area contributed by atoms with Crippen molar-refractivity contribution in [2.75, 3.05) is 62.0 Å². The summed E-state index contributed by atoms with van der Waals surface area (Å²) in [5, 5.41) is 13.1. The Hall–Kier alpha value is -3.02. The second-order valence-corrected chi connectivity index (χ2v) is 10.8. The zero-order chi connectivity index (χ0) is 29.7. The number of anilines is 4. The lowest BCUT2D eigenvalue weighted by Gasteiger charge is -2.23. The van der Waals surface area contributed by atoms with E-state index in [2.05, 4.69) is 43.1 Å². The molecule has 0 atom stereocenters. The fourth-order valence-electron chi connectivity index (χ4n) is 4.86. The van der Waals surface area contributed by atoms with Crippen molar-refractivity contribution in [1.29, 1.82) is 0 Å². The summed E-state index contributed by atoms with van der Waals surface area (Å²) in [6.07, 6.45) is 13.8. The first-order valence-corrected chi connectivity index (χ1v) is 15.9. The van der Waals surface area contributed by atoms with Gasteiger partial charge in [0.1, 0.15) is 0 Å². The van der Waals surface area contributed by atoms with Crippen LogP contribution in [0.3, 0.4) is 0 Å². The molecule has 1 aromatic heterocycles. The molecular formula is C31H52N8O3. The summed E-state index contributed by atoms with van der Waals surface area (Å²) >= 11 is 0. The molecule has 1 aliphatic rings. The quantitative estimate of drug-likeness (QED) is 0.122. The predicted molar refractivity (Wildman–Crippen MR) is 169 cm³/mol. The molecule has 234 valence electrons. The van der Waals surface area contributed by atoms with Crippen LogP contribution in [0.4, 0.5) is 23.5 Å². The predicted octanol–water partition coefficient (Wildman–Crippen LogP) is 4.78. The Morgan fingerprint density at radius 3 is 2.29 bits per heavy atom. The summed E-state index contributed by atoms with van der Waals surface area (Å²) in [5.41, 5.74) is 7.14. The van der Waals surface area contributed by atoms with Crippen molar-refractivity contribution < 1.29 is 14.3 Å². The van der Waals surface area contributed by atoms with Gasteiger partial charge < -0.3 is 36.5 Å². The van der Waals surface area contributed by atoms with Crippen LogP contribution in [0.2, 0.25) is 0 Å². The van der Waals surface area contributed by atoms with Crippen LogP contribution in [-0.4, -0.2) is 73.0 Å². The maximum atomic E-state index is 12.3. The minimum atomic E-state index is -0.0457. The van der Waals surface area contributed by atoms with Gasteiger partial charge in [-0.15, -0.1) is 0 Å². The molecule has 2 aromatic rings. The first-order valence-electron chi connectivity index (χ1n) is 15.9. The van der Waals surface area contributed by atoms with Crippen molar-refractivity contribution in [3.8, 4) is 0 Å². The maximum absolute atomic E-state index is 12.3. The van der Waals surface area contributed by atoms with Gasteiger partial charge in [0.05, 0.1) is 32.8 Å². The fourth-order valence-corrected chi connectivity index (χ4v) is 4.86. The summed E-state index contributed by atoms with van der Waals surface area (Å²) in [6.45, 7) is 6.00. The summed E-state index contributed by atoms with van der Waals surface area (Å²) in [6, 6.07) is 8.15. The first kappa shape index (κ1) is 33.5. The van der Waals surface area contributed by atoms with Gasteiger partial charge in [0.25, 0.3) is 0 Å². The molecule has 11 nitrogen and oxygen atoms in total. The lowest BCUT2D eigenvalue weighted by Crippen LogP contribution is -2.29. The van der Waals surface area contributed by atoms with Crippen molar-refractivity contribution >= 4 is 29.4 Å². The highest BCUT2D eigenvalue weighted by molar-refractivity contribution is 5.78. The van der Waals surface area contributed by atoms with E-state index in [1.165, 1.54) is 51.4 Å². The van der Waals surface area contributed by atoms with Gasteiger partial charge in [-0.2, -0.15) is 15.0 Å². The van der Waals surface area contributed by atoms with Crippen LogP contribution in [0.25, 0.3) is 0 Å². The van der Waals surface area contributed by atoms with E-state index >= 15 is 0 Å². The van der Waals surface area contributed by atoms with Crippen molar-refractivity contribution in [2.45, 2.75) is 90.0 Å². The van der Waals surface area contributed by atoms with E-state index in [9.17, 15) is 4.79 Å². The second kappa shape index (κ2) is 20.8. The number of hydrogen-bond acceptors (Lipinski definition) is 10. The second-order valence-electron chi connectivity index (χ2n) is 10.8. The van der Waals surface area contributed by atoms with Crippen LogP contribution in [-0.2, 0) is 20.7 Å². The summed E-state index contributed by atoms with van der Waals surface area (Å²) in [4.78, 5) is 26.3. The average molecular weight is 585 g/mol. The molecule has 1 heterocycles. The number of nitrogens with zero attached hydrogens (tertiary/aromatic N) is 3. The number of benzene rings is 1. The Labute approximate surface area is 251 Å². The van der Waals surface area contributed by atoms with E-state index < -0.39 is 0 Å². The van der Waals surface area contributed by atoms with Gasteiger partial charge in [-0.1, -0.05) is 70.4 Å². The van der Waals surface area contributed by atoms with Crippen molar-refractivity contribution in [3.63, 3.8) is 0 Å². The molecule has 0 spiro atoms. The molecule has 0 bridgehead atoms. The summed E-state index contributed by atoms with van der Waals surface area (Å²) in [7, 11) is 0. The molecule has 0 radical (unpaired) electrons. The molecule has 0 unspecified atom stereocenters. The van der Waals surface area contributed by atoms with Gasteiger partial charge in [-0.3, -0.25) is 4.79 Å². The Balaban J connectivity index is 1.48. The number of carbonyl (C=O) groups excluding carboxylic acids is 1. The normalized spacial score (nSPS) is 13.6. The lowest BCUT2D eigenvalue weighted by molar-refractivity contribution is -0.120. The van der Waals surface area contributed by atoms with Crippen LogP contribution in [0.5, 0.6) is 0 Å². The Kier molecular flexibility index (Phi) is 16.6. The minimum Gasteiger partial charge on any atom is -0.378 e. The molecule has 1 amide bonds. The van der Waals surface area contributed by atoms with Crippen molar-refractivity contribution in [1.82, 2.24) is 20.3 Å². The molecule has 6 N–H and O–H groups in total. The maximum Gasteiger partial charge on any atom is 0.233 e. The van der Waals surface area contributed by atoms with Crippen LogP contribution >= 0.6 is 0 Å². The van der Waals surface area contributed by atoms with E-state index in [1.54, 1.807) is 0 Å². The van der Waals surface area contributed by atoms with E-state index in [0.29, 0.717) is 69.8 Å². The molecule has 1 aromatic carbocycles. The van der Waals surface area contributed by atoms with Crippen molar-refractivity contribution in [2.24, 2.45) is 5.73 Å². The number of nitrogens with one attached hydrogen (secondary N) is 4. The third-order valence-corrected chi connectivity index (χ3v) is 7.16. The highest BCUT2D eigenvalue weighted by Crippen LogP contribution is 2.22. The zero-order valence-corrected chi connectivity index (χ0v) is 25.5. The average Bonchev–Trinajstić information content (AvgIpc) is 2.99. The standard InChI is InChI=1S/C31H52N8O3/c1-2-3-4-5-6-10-18-34-29-37-30(35-26-11-8-7-9-12-26)39-31(38-29)36-27-15-13-25(14-16-27)24-28(40)33-19-21-42-23-22-41-20-17-32/h13-16,26H,2-12,17-24,32H2,1H3,(H,33,40)(H3,34,35,36,37,38,39). The number of unbranched alkanes of at least 4 members (excludes halogenated alkanes) is 5. The molecule has 11 heteroatoms. The number of amides is 1. The highest BCUT2D eigenvalue weighted by Gasteiger charge is 2.16. The van der Waals surface area contributed by atoms with Gasteiger partial charge >= 0.3 is 0 Å². The van der Waals surface area contributed by atoms with Crippen LogP contribution < -0.4 is 27.0 Å². The molecule has 3 rings (SSSR count). The first-order chi connectivity index (χ1) is 20.7. The number of rotatable bonds is 22. The summed E-state index contributed by atoms with van der Waals surface area (Å²) < 4.78 is 10.7. The third-order valence-electron chi connectivity index (χ3n) is 7.16. The lowest BCUT2D eigenvalue weighted by atomic mass is 9.96. The molecule has 0 aliphatic heterocycles. The molecule has 1 saturated carbocycles. The van der Waals surface area contributed by atoms with E-state index in [-0.39, 0.29) is 5.91 Å².